The maximum absolute atomic E-state index is 10.8. The van der Waals surface area contributed by atoms with Crippen LogP contribution in [0.15, 0.2) is 0 Å². The van der Waals surface area contributed by atoms with Crippen molar-refractivity contribution in [2.24, 2.45) is 5.73 Å². The number of aliphatic hydroxyl groups excluding tert-OH is 1. The van der Waals surface area contributed by atoms with Gasteiger partial charge in [0.25, 0.3) is 5.91 Å². The van der Waals surface area contributed by atoms with E-state index in [1.54, 1.807) is 6.92 Å². The van der Waals surface area contributed by atoms with Gasteiger partial charge < -0.3 is 16.2 Å². The second kappa shape index (κ2) is 9.46. The van der Waals surface area contributed by atoms with Crippen molar-refractivity contribution >= 4 is 23.7 Å². The molecule has 0 aliphatic carbocycles. The highest BCUT2D eigenvalue weighted by Gasteiger charge is 2.11. The number of carbonyl (C=O) groups excluding carboxylic acids is 2. The molecule has 0 saturated carbocycles. The zero-order valence-corrected chi connectivity index (χ0v) is 12.3. The fraction of sp³-hybridized carbons (Fsp3) is 0.583. The van der Waals surface area contributed by atoms with Crippen LogP contribution in [0.2, 0.25) is 0 Å². The zero-order chi connectivity index (χ0) is 14.8. The average Bonchev–Trinajstić information content (AvgIpc) is 2.80. The van der Waals surface area contributed by atoms with E-state index in [2.05, 4.69) is 17.2 Å². The van der Waals surface area contributed by atoms with E-state index in [4.69, 9.17) is 10.8 Å². The van der Waals surface area contributed by atoms with Gasteiger partial charge in [-0.15, -0.1) is 11.3 Å². The number of primary amides is 1. The molecule has 1 rings (SSSR count). The zero-order valence-electron chi connectivity index (χ0n) is 11.5. The van der Waals surface area contributed by atoms with Gasteiger partial charge in [0.05, 0.1) is 11.8 Å². The van der Waals surface area contributed by atoms with Gasteiger partial charge in [0.2, 0.25) is 6.41 Å². The number of rotatable bonds is 6. The first kappa shape index (κ1) is 17.5. The largest absolute Gasteiger partial charge is 0.392 e. The van der Waals surface area contributed by atoms with Crippen LogP contribution < -0.4 is 11.1 Å². The predicted octanol–water partition coefficient (Wildman–Crippen LogP) is 0.480. The Morgan fingerprint density at radius 2 is 2.16 bits per heavy atom. The molecule has 0 aliphatic rings. The number of nitrogens with zero attached hydrogens (tertiary/aromatic N) is 1. The van der Waals surface area contributed by atoms with Gasteiger partial charge in [0.15, 0.2) is 5.01 Å². The third-order valence-corrected chi connectivity index (χ3v) is 3.40. The number of aryl methyl sites for hydroxylation is 2. The highest BCUT2D eigenvalue weighted by atomic mass is 32.1. The Hall–Kier alpha value is -1.47. The Morgan fingerprint density at radius 3 is 2.42 bits per heavy atom. The molecule has 0 fully saturated rings. The molecular formula is C12H21N3O3S. The molecule has 1 atom stereocenters. The van der Waals surface area contributed by atoms with E-state index in [1.807, 2.05) is 6.92 Å². The Bertz CT molecular complexity index is 383. The molecule has 1 aromatic rings. The number of hydrogen-bond acceptors (Lipinski definition) is 5. The van der Waals surface area contributed by atoms with Crippen LogP contribution in [0.4, 0.5) is 0 Å². The molecule has 7 heteroatoms. The van der Waals surface area contributed by atoms with Crippen molar-refractivity contribution in [3.8, 4) is 0 Å². The minimum absolute atomic E-state index is 0.337. The van der Waals surface area contributed by atoms with E-state index in [9.17, 15) is 9.59 Å². The normalized spacial score (nSPS) is 11.2. The number of hydrogen-bond donors (Lipinski definition) is 3. The van der Waals surface area contributed by atoms with Crippen molar-refractivity contribution in [1.82, 2.24) is 10.3 Å². The molecule has 6 nitrogen and oxygen atoms in total. The standard InChI is InChI=1S/C8H12N2OS.C4H9NO2/c1-3-5-6(4-2)12-8(10-5)7(9)11;1-4(7)2-5-3-6/h3-4H2,1-2H3,(H2,9,11);3-4,7H,2H2,1H3,(H,5,6). The summed E-state index contributed by atoms with van der Waals surface area (Å²) < 4.78 is 0. The van der Waals surface area contributed by atoms with Crippen molar-refractivity contribution in [1.29, 1.82) is 0 Å². The summed E-state index contributed by atoms with van der Waals surface area (Å²) in [4.78, 5) is 25.6. The van der Waals surface area contributed by atoms with Crippen LogP contribution in [-0.4, -0.2) is 35.1 Å². The van der Waals surface area contributed by atoms with Crippen molar-refractivity contribution in [2.45, 2.75) is 39.7 Å². The van der Waals surface area contributed by atoms with Gasteiger partial charge in [-0.3, -0.25) is 9.59 Å². The lowest BCUT2D eigenvalue weighted by molar-refractivity contribution is -0.109. The molecule has 0 spiro atoms. The second-order valence-electron chi connectivity index (χ2n) is 3.84. The number of thiazole rings is 1. The summed E-state index contributed by atoms with van der Waals surface area (Å²) in [5, 5.41) is 11.2. The Morgan fingerprint density at radius 1 is 1.53 bits per heavy atom. The molecule has 0 bridgehead atoms. The van der Waals surface area contributed by atoms with Crippen LogP contribution in [0, 0.1) is 0 Å². The van der Waals surface area contributed by atoms with E-state index in [0.29, 0.717) is 18.0 Å². The lowest BCUT2D eigenvalue weighted by atomic mass is 10.2. The molecule has 0 aromatic carbocycles. The van der Waals surface area contributed by atoms with Crippen molar-refractivity contribution in [3.63, 3.8) is 0 Å². The first-order valence-corrected chi connectivity index (χ1v) is 6.91. The predicted molar refractivity (Wildman–Crippen MR) is 75.1 cm³/mol. The summed E-state index contributed by atoms with van der Waals surface area (Å²) in [5.74, 6) is -0.422. The highest BCUT2D eigenvalue weighted by Crippen LogP contribution is 2.19. The summed E-state index contributed by atoms with van der Waals surface area (Å²) in [6.07, 6.45) is 1.92. The number of nitrogens with one attached hydrogen (secondary N) is 1. The minimum atomic E-state index is -0.440. The van der Waals surface area contributed by atoms with E-state index in [-0.39, 0.29) is 0 Å². The Labute approximate surface area is 117 Å². The number of carbonyl (C=O) groups is 2. The number of aromatic nitrogens is 1. The fourth-order valence-electron chi connectivity index (χ4n) is 1.26. The molecule has 0 radical (unpaired) electrons. The number of nitrogens with two attached hydrogens (primary N) is 1. The van der Waals surface area contributed by atoms with Crippen LogP contribution in [0.5, 0.6) is 0 Å². The van der Waals surface area contributed by atoms with Crippen molar-refractivity contribution in [3.05, 3.63) is 15.6 Å². The maximum Gasteiger partial charge on any atom is 0.277 e. The summed E-state index contributed by atoms with van der Waals surface area (Å²) in [6, 6.07) is 0. The van der Waals surface area contributed by atoms with Gasteiger partial charge in [-0.05, 0) is 19.8 Å². The lowest BCUT2D eigenvalue weighted by Crippen LogP contribution is -2.22. The van der Waals surface area contributed by atoms with Crippen LogP contribution in [-0.2, 0) is 17.6 Å². The van der Waals surface area contributed by atoms with Gasteiger partial charge in [0.1, 0.15) is 0 Å². The molecule has 0 saturated heterocycles. The van der Waals surface area contributed by atoms with E-state index in [1.165, 1.54) is 16.2 Å². The smallest absolute Gasteiger partial charge is 0.277 e. The van der Waals surface area contributed by atoms with Crippen LogP contribution in [0.1, 0.15) is 41.1 Å². The monoisotopic (exact) mass is 287 g/mol. The first-order chi connectivity index (χ1) is 8.96. The third-order valence-electron chi connectivity index (χ3n) is 2.14. The summed E-state index contributed by atoms with van der Waals surface area (Å²) in [7, 11) is 0. The molecule has 1 heterocycles. The van der Waals surface area contributed by atoms with Gasteiger partial charge in [-0.1, -0.05) is 13.8 Å². The van der Waals surface area contributed by atoms with E-state index in [0.717, 1.165) is 18.5 Å². The molecule has 108 valence electrons. The van der Waals surface area contributed by atoms with Gasteiger partial charge >= 0.3 is 0 Å². The molecule has 2 amide bonds. The molecule has 0 aliphatic heterocycles. The minimum Gasteiger partial charge on any atom is -0.392 e. The van der Waals surface area contributed by atoms with Gasteiger partial charge in [-0.2, -0.15) is 0 Å². The van der Waals surface area contributed by atoms with Crippen molar-refractivity contribution < 1.29 is 14.7 Å². The Kier molecular flexibility index (Phi) is 8.73. The molecule has 4 N–H and O–H groups in total. The van der Waals surface area contributed by atoms with Crippen LogP contribution in [0.3, 0.4) is 0 Å². The molecule has 1 aromatic heterocycles. The molecule has 19 heavy (non-hydrogen) atoms. The molecule has 1 unspecified atom stereocenters. The fourth-order valence-corrected chi connectivity index (χ4v) is 2.20. The van der Waals surface area contributed by atoms with Crippen LogP contribution >= 0.6 is 11.3 Å². The summed E-state index contributed by atoms with van der Waals surface area (Å²) in [5.41, 5.74) is 6.12. The lowest BCUT2D eigenvalue weighted by Gasteiger charge is -1.98. The summed E-state index contributed by atoms with van der Waals surface area (Å²) >= 11 is 1.41. The van der Waals surface area contributed by atoms with E-state index < -0.39 is 12.0 Å². The maximum atomic E-state index is 10.8. The quantitative estimate of drug-likeness (QED) is 0.662. The van der Waals surface area contributed by atoms with E-state index >= 15 is 0 Å². The Balaban J connectivity index is 0.000000399. The summed E-state index contributed by atoms with van der Waals surface area (Å²) in [6.45, 7) is 6.02. The van der Waals surface area contributed by atoms with Crippen LogP contribution in [0.25, 0.3) is 0 Å². The third kappa shape index (κ3) is 6.88. The number of amides is 2. The topological polar surface area (TPSA) is 105 Å². The first-order valence-electron chi connectivity index (χ1n) is 6.09. The SMILES string of the molecule is CC(O)CNC=O.CCc1nc(C(N)=O)sc1CC. The number of aliphatic hydroxyl groups is 1. The average molecular weight is 287 g/mol. The van der Waals surface area contributed by atoms with Crippen molar-refractivity contribution in [2.75, 3.05) is 6.54 Å². The van der Waals surface area contributed by atoms with Gasteiger partial charge in [0, 0.05) is 11.4 Å². The molecular weight excluding hydrogens is 266 g/mol. The second-order valence-corrected chi connectivity index (χ2v) is 4.92. The highest BCUT2D eigenvalue weighted by molar-refractivity contribution is 7.13. The van der Waals surface area contributed by atoms with Gasteiger partial charge in [-0.25, -0.2) is 4.98 Å².